The molecule has 1 aromatic carbocycles. The molecule has 2 amide bonds. The van der Waals surface area contributed by atoms with Gasteiger partial charge in [-0.25, -0.2) is 0 Å². The highest BCUT2D eigenvalue weighted by Gasteiger charge is 2.33. The first-order valence-corrected chi connectivity index (χ1v) is 7.89. The lowest BCUT2D eigenvalue weighted by atomic mass is 9.90. The van der Waals surface area contributed by atoms with Gasteiger partial charge in [-0.1, -0.05) is 13.8 Å². The summed E-state index contributed by atoms with van der Waals surface area (Å²) in [5.41, 5.74) is 3.69. The maximum Gasteiger partial charge on any atom is 0.416 e. The summed E-state index contributed by atoms with van der Waals surface area (Å²) in [6, 6.07) is 2.75. The molecule has 8 heteroatoms. The summed E-state index contributed by atoms with van der Waals surface area (Å²) < 4.78 is 39.2. The van der Waals surface area contributed by atoms with Gasteiger partial charge < -0.3 is 16.4 Å². The molecule has 1 rings (SSSR count). The second-order valence-electron chi connectivity index (χ2n) is 6.79. The van der Waals surface area contributed by atoms with E-state index in [1.54, 1.807) is 6.92 Å². The smallest absolute Gasteiger partial charge is 0.346 e. The number of rotatable bonds is 6. The Balaban J connectivity index is 3.21. The van der Waals surface area contributed by atoms with E-state index in [2.05, 4.69) is 10.6 Å². The van der Waals surface area contributed by atoms with Crippen molar-refractivity contribution < 1.29 is 22.8 Å². The van der Waals surface area contributed by atoms with Gasteiger partial charge in [0.05, 0.1) is 5.56 Å². The monoisotopic (exact) mass is 359 g/mol. The van der Waals surface area contributed by atoms with E-state index in [9.17, 15) is 22.8 Å². The van der Waals surface area contributed by atoms with Gasteiger partial charge in [-0.3, -0.25) is 9.59 Å². The molecule has 0 bridgehead atoms. The maximum absolute atomic E-state index is 13.1. The molecule has 0 radical (unpaired) electrons. The highest BCUT2D eigenvalue weighted by atomic mass is 19.4. The molecule has 4 N–H and O–H groups in total. The standard InChI is InChI=1S/C17H24F3N3O2/c1-10(2)8-16(4,9-21)23-15(25)12-5-13(17(18,19)20)7-14(6-12)22-11(3)24/h5-7,10H,8-9,21H2,1-4H3,(H,22,24)(H,23,25). The first-order chi connectivity index (χ1) is 11.4. The van der Waals surface area contributed by atoms with E-state index in [0.717, 1.165) is 12.1 Å². The Kier molecular flexibility index (Phi) is 6.59. The predicted octanol–water partition coefficient (Wildman–Crippen LogP) is 3.16. The summed E-state index contributed by atoms with van der Waals surface area (Å²) in [5.74, 6) is -0.964. The van der Waals surface area contributed by atoms with Crippen LogP contribution in [0.15, 0.2) is 18.2 Å². The van der Waals surface area contributed by atoms with Gasteiger partial charge in [-0.05, 0) is 37.5 Å². The van der Waals surface area contributed by atoms with E-state index in [1.807, 2.05) is 13.8 Å². The maximum atomic E-state index is 13.1. The van der Waals surface area contributed by atoms with Crippen molar-refractivity contribution in [2.45, 2.75) is 45.8 Å². The molecule has 0 heterocycles. The predicted molar refractivity (Wildman–Crippen MR) is 90.1 cm³/mol. The summed E-state index contributed by atoms with van der Waals surface area (Å²) in [5, 5.41) is 4.98. The quantitative estimate of drug-likeness (QED) is 0.729. The number of carbonyl (C=O) groups is 2. The van der Waals surface area contributed by atoms with Crippen LogP contribution in [0.25, 0.3) is 0 Å². The van der Waals surface area contributed by atoms with Crippen molar-refractivity contribution in [3.63, 3.8) is 0 Å². The number of amides is 2. The number of carbonyl (C=O) groups excluding carboxylic acids is 2. The molecule has 0 saturated heterocycles. The Morgan fingerprint density at radius 2 is 1.80 bits per heavy atom. The largest absolute Gasteiger partial charge is 0.416 e. The summed E-state index contributed by atoms with van der Waals surface area (Å²) in [4.78, 5) is 23.6. The van der Waals surface area contributed by atoms with E-state index in [1.165, 1.54) is 13.0 Å². The van der Waals surface area contributed by atoms with Crippen LogP contribution < -0.4 is 16.4 Å². The lowest BCUT2D eigenvalue weighted by Gasteiger charge is -2.31. The molecular weight excluding hydrogens is 335 g/mol. The van der Waals surface area contributed by atoms with Crippen LogP contribution in [0.5, 0.6) is 0 Å². The van der Waals surface area contributed by atoms with Gasteiger partial charge in [0, 0.05) is 30.3 Å². The normalized spacial score (nSPS) is 14.1. The molecule has 0 aliphatic rings. The second kappa shape index (κ2) is 7.86. The van der Waals surface area contributed by atoms with Crippen LogP contribution >= 0.6 is 0 Å². The number of benzene rings is 1. The van der Waals surface area contributed by atoms with Crippen molar-refractivity contribution in [1.82, 2.24) is 5.32 Å². The first kappa shape index (κ1) is 21.0. The van der Waals surface area contributed by atoms with Crippen molar-refractivity contribution in [2.75, 3.05) is 11.9 Å². The molecule has 1 atom stereocenters. The molecule has 1 aromatic rings. The molecule has 0 aliphatic carbocycles. The summed E-state index contributed by atoms with van der Waals surface area (Å²) in [6.07, 6.45) is -4.06. The number of hydrogen-bond acceptors (Lipinski definition) is 3. The van der Waals surface area contributed by atoms with Crippen LogP contribution in [-0.2, 0) is 11.0 Å². The zero-order valence-corrected chi connectivity index (χ0v) is 14.8. The molecule has 0 aliphatic heterocycles. The Bertz CT molecular complexity index is 645. The third kappa shape index (κ3) is 6.38. The fraction of sp³-hybridized carbons (Fsp3) is 0.529. The zero-order valence-electron chi connectivity index (χ0n) is 14.8. The Hall–Kier alpha value is -2.09. The summed E-state index contributed by atoms with van der Waals surface area (Å²) >= 11 is 0. The topological polar surface area (TPSA) is 84.2 Å². The molecule has 140 valence electrons. The van der Waals surface area contributed by atoms with Gasteiger partial charge in [-0.15, -0.1) is 0 Å². The molecule has 0 saturated carbocycles. The van der Waals surface area contributed by atoms with Crippen molar-refractivity contribution in [3.8, 4) is 0 Å². The van der Waals surface area contributed by atoms with E-state index < -0.39 is 29.1 Å². The minimum absolute atomic E-state index is 0.0919. The molecule has 25 heavy (non-hydrogen) atoms. The van der Waals surface area contributed by atoms with E-state index >= 15 is 0 Å². The number of nitrogens with two attached hydrogens (primary N) is 1. The van der Waals surface area contributed by atoms with Gasteiger partial charge in [0.2, 0.25) is 5.91 Å². The molecular formula is C17H24F3N3O2. The molecule has 0 aromatic heterocycles. The molecule has 5 nitrogen and oxygen atoms in total. The molecule has 1 unspecified atom stereocenters. The van der Waals surface area contributed by atoms with Gasteiger partial charge in [0.15, 0.2) is 0 Å². The average Bonchev–Trinajstić information content (AvgIpc) is 2.44. The van der Waals surface area contributed by atoms with Crippen molar-refractivity contribution in [1.29, 1.82) is 0 Å². The van der Waals surface area contributed by atoms with Crippen LogP contribution in [0.3, 0.4) is 0 Å². The third-order valence-corrected chi connectivity index (χ3v) is 3.57. The highest BCUT2D eigenvalue weighted by Crippen LogP contribution is 2.32. The third-order valence-electron chi connectivity index (χ3n) is 3.57. The lowest BCUT2D eigenvalue weighted by molar-refractivity contribution is -0.137. The van der Waals surface area contributed by atoms with Crippen molar-refractivity contribution in [3.05, 3.63) is 29.3 Å². The molecule has 0 fully saturated rings. The Labute approximate surface area is 145 Å². The van der Waals surface area contributed by atoms with Gasteiger partial charge in [0.25, 0.3) is 5.91 Å². The van der Waals surface area contributed by atoms with E-state index in [4.69, 9.17) is 5.73 Å². The van der Waals surface area contributed by atoms with Gasteiger partial charge >= 0.3 is 6.18 Å². The van der Waals surface area contributed by atoms with Crippen molar-refractivity contribution in [2.24, 2.45) is 11.7 Å². The van der Waals surface area contributed by atoms with Gasteiger partial charge in [-0.2, -0.15) is 13.2 Å². The lowest BCUT2D eigenvalue weighted by Crippen LogP contribution is -2.52. The van der Waals surface area contributed by atoms with E-state index in [0.29, 0.717) is 6.42 Å². The van der Waals surface area contributed by atoms with Gasteiger partial charge in [0.1, 0.15) is 0 Å². The second-order valence-corrected chi connectivity index (χ2v) is 6.79. The first-order valence-electron chi connectivity index (χ1n) is 7.89. The van der Waals surface area contributed by atoms with Crippen LogP contribution in [0.2, 0.25) is 0 Å². The highest BCUT2D eigenvalue weighted by molar-refractivity contribution is 5.97. The molecule has 0 spiro atoms. The summed E-state index contributed by atoms with van der Waals surface area (Å²) in [7, 11) is 0. The van der Waals surface area contributed by atoms with Crippen LogP contribution in [0.4, 0.5) is 18.9 Å². The van der Waals surface area contributed by atoms with Crippen LogP contribution in [0.1, 0.15) is 50.0 Å². The SMILES string of the molecule is CC(=O)Nc1cc(C(=O)NC(C)(CN)CC(C)C)cc(C(F)(F)F)c1. The minimum atomic E-state index is -4.64. The average molecular weight is 359 g/mol. The Morgan fingerprint density at radius 3 is 2.24 bits per heavy atom. The number of alkyl halides is 3. The van der Waals surface area contributed by atoms with Crippen LogP contribution in [0, 0.1) is 5.92 Å². The van der Waals surface area contributed by atoms with E-state index in [-0.39, 0.29) is 23.7 Å². The Morgan fingerprint density at radius 1 is 1.20 bits per heavy atom. The fourth-order valence-electron chi connectivity index (χ4n) is 2.63. The van der Waals surface area contributed by atoms with Crippen molar-refractivity contribution >= 4 is 17.5 Å². The fourth-order valence-corrected chi connectivity index (χ4v) is 2.63. The number of halogens is 3. The summed E-state index contributed by atoms with van der Waals surface area (Å²) in [6.45, 7) is 6.98. The number of hydrogen-bond donors (Lipinski definition) is 3. The number of anilines is 1. The van der Waals surface area contributed by atoms with Crippen LogP contribution in [-0.4, -0.2) is 23.9 Å². The number of nitrogens with one attached hydrogen (secondary N) is 2. The zero-order chi connectivity index (χ0) is 19.4. The minimum Gasteiger partial charge on any atom is -0.346 e.